The molecule has 2 heterocycles. The van der Waals surface area contributed by atoms with Crippen LogP contribution in [0.2, 0.25) is 0 Å². The van der Waals surface area contributed by atoms with Gasteiger partial charge in [0.25, 0.3) is 0 Å². The van der Waals surface area contributed by atoms with Crippen LogP contribution in [0, 0.1) is 0 Å². The Morgan fingerprint density at radius 3 is 2.38 bits per heavy atom. The third-order valence-electron chi connectivity index (χ3n) is 4.83. The van der Waals surface area contributed by atoms with Crippen LogP contribution in [0.3, 0.4) is 0 Å². The molecule has 0 aromatic heterocycles. The van der Waals surface area contributed by atoms with Crippen molar-refractivity contribution >= 4 is 28.4 Å². The van der Waals surface area contributed by atoms with Crippen LogP contribution >= 0.6 is 12.4 Å². The summed E-state index contributed by atoms with van der Waals surface area (Å²) in [7, 11) is -3.52. The predicted octanol–water partition coefficient (Wildman–Crippen LogP) is 0.953. The fraction of sp³-hybridized carbons (Fsp3) is 0.588. The van der Waals surface area contributed by atoms with Crippen molar-refractivity contribution in [1.82, 2.24) is 14.5 Å². The number of carbonyl (C=O) groups excluding carboxylic acids is 1. The third-order valence-corrected chi connectivity index (χ3v) is 6.74. The lowest BCUT2D eigenvalue weighted by Crippen LogP contribution is -2.52. The lowest BCUT2D eigenvalue weighted by atomic mass is 10.2. The maximum absolute atomic E-state index is 12.8. The van der Waals surface area contributed by atoms with Gasteiger partial charge in [-0.2, -0.15) is 4.31 Å². The molecule has 0 radical (unpaired) electrons. The van der Waals surface area contributed by atoms with Gasteiger partial charge in [-0.3, -0.25) is 4.90 Å². The molecular weight excluding hydrogens is 378 g/mol. The molecule has 2 fully saturated rings. The van der Waals surface area contributed by atoms with Crippen LogP contribution in [0.4, 0.5) is 0 Å². The van der Waals surface area contributed by atoms with Gasteiger partial charge in [0.15, 0.2) is 0 Å². The van der Waals surface area contributed by atoms with Crippen LogP contribution in [0.5, 0.6) is 0 Å². The van der Waals surface area contributed by atoms with Crippen molar-refractivity contribution in [2.45, 2.75) is 24.3 Å². The molecule has 0 saturated carbocycles. The first-order valence-electron chi connectivity index (χ1n) is 8.74. The molecule has 26 heavy (non-hydrogen) atoms. The summed E-state index contributed by atoms with van der Waals surface area (Å²) < 4.78 is 32.1. The molecule has 9 heteroatoms. The van der Waals surface area contributed by atoms with Crippen LogP contribution in [-0.2, 0) is 14.8 Å². The van der Waals surface area contributed by atoms with Crippen LogP contribution in [0.1, 0.15) is 23.7 Å². The van der Waals surface area contributed by atoms with Gasteiger partial charge in [0, 0.05) is 38.8 Å². The number of ether oxygens (including phenoxy) is 1. The summed E-state index contributed by atoms with van der Waals surface area (Å²) in [5.41, 5.74) is 0.361. The maximum atomic E-state index is 12.8. The molecule has 1 aromatic carbocycles. The van der Waals surface area contributed by atoms with Crippen LogP contribution < -0.4 is 5.32 Å². The van der Waals surface area contributed by atoms with Gasteiger partial charge in [-0.25, -0.2) is 13.2 Å². The highest BCUT2D eigenvalue weighted by molar-refractivity contribution is 7.89. The van der Waals surface area contributed by atoms with Crippen molar-refractivity contribution in [3.63, 3.8) is 0 Å². The molecule has 1 N–H and O–H groups in total. The number of hydrogen-bond donors (Lipinski definition) is 1. The molecule has 1 unspecified atom stereocenters. The average Bonchev–Trinajstić information content (AvgIpc) is 3.17. The molecule has 3 rings (SSSR count). The van der Waals surface area contributed by atoms with Gasteiger partial charge in [0.1, 0.15) is 0 Å². The molecule has 0 amide bonds. The average molecular weight is 404 g/mol. The smallest absolute Gasteiger partial charge is 0.338 e. The van der Waals surface area contributed by atoms with E-state index in [-0.39, 0.29) is 17.3 Å². The molecule has 7 nitrogen and oxygen atoms in total. The van der Waals surface area contributed by atoms with Crippen molar-refractivity contribution in [2.24, 2.45) is 0 Å². The molecule has 0 aliphatic carbocycles. The first kappa shape index (κ1) is 21.1. The fourth-order valence-electron chi connectivity index (χ4n) is 3.39. The number of carbonyl (C=O) groups is 1. The van der Waals surface area contributed by atoms with Crippen molar-refractivity contribution in [1.29, 1.82) is 0 Å². The summed E-state index contributed by atoms with van der Waals surface area (Å²) in [4.78, 5) is 14.3. The minimum Gasteiger partial charge on any atom is -0.462 e. The fourth-order valence-corrected chi connectivity index (χ4v) is 4.81. The van der Waals surface area contributed by atoms with Gasteiger partial charge in [-0.15, -0.1) is 12.4 Å². The Hall–Kier alpha value is -1.19. The minimum absolute atomic E-state index is 0. The number of sulfonamides is 1. The lowest BCUT2D eigenvalue weighted by molar-refractivity contribution is 0.0526. The Bertz CT molecular complexity index is 697. The van der Waals surface area contributed by atoms with Gasteiger partial charge >= 0.3 is 5.97 Å². The van der Waals surface area contributed by atoms with Crippen molar-refractivity contribution in [3.05, 3.63) is 29.8 Å². The number of piperazine rings is 1. The number of benzene rings is 1. The highest BCUT2D eigenvalue weighted by Crippen LogP contribution is 2.20. The summed E-state index contributed by atoms with van der Waals surface area (Å²) in [6.45, 7) is 6.56. The van der Waals surface area contributed by atoms with E-state index in [0.29, 0.717) is 31.3 Å². The largest absolute Gasteiger partial charge is 0.462 e. The van der Waals surface area contributed by atoms with Crippen LogP contribution in [-0.4, -0.2) is 75.5 Å². The van der Waals surface area contributed by atoms with Gasteiger partial charge in [-0.1, -0.05) is 0 Å². The maximum Gasteiger partial charge on any atom is 0.338 e. The van der Waals surface area contributed by atoms with E-state index >= 15 is 0 Å². The Labute approximate surface area is 161 Å². The minimum atomic E-state index is -3.52. The number of hydrogen-bond acceptors (Lipinski definition) is 6. The zero-order valence-electron chi connectivity index (χ0n) is 14.9. The standard InChI is InChI=1S/C17H25N3O4S.ClH/c1-2-24-17(21)14-3-5-16(6-4-14)25(22,23)20-11-9-19(10-12-20)15-7-8-18-13-15;/h3-6,15,18H,2,7-13H2,1H3;1H. The number of rotatable bonds is 5. The zero-order valence-corrected chi connectivity index (χ0v) is 16.5. The monoisotopic (exact) mass is 403 g/mol. The second kappa shape index (κ2) is 9.14. The number of nitrogens with zero attached hydrogens (tertiary/aromatic N) is 2. The molecule has 146 valence electrons. The third kappa shape index (κ3) is 4.55. The normalized spacial score (nSPS) is 22.0. The predicted molar refractivity (Wildman–Crippen MR) is 101 cm³/mol. The van der Waals surface area contributed by atoms with Gasteiger partial charge in [0.05, 0.1) is 17.1 Å². The molecule has 0 spiro atoms. The molecule has 0 bridgehead atoms. The molecule has 1 atom stereocenters. The second-order valence-electron chi connectivity index (χ2n) is 6.33. The highest BCUT2D eigenvalue weighted by Gasteiger charge is 2.31. The summed E-state index contributed by atoms with van der Waals surface area (Å²) >= 11 is 0. The molecule has 2 aliphatic heterocycles. The zero-order chi connectivity index (χ0) is 17.9. The number of halogens is 1. The van der Waals surface area contributed by atoms with Crippen molar-refractivity contribution in [2.75, 3.05) is 45.9 Å². The van der Waals surface area contributed by atoms with E-state index in [0.717, 1.165) is 32.6 Å². The lowest BCUT2D eigenvalue weighted by Gasteiger charge is -2.37. The van der Waals surface area contributed by atoms with Gasteiger partial charge < -0.3 is 10.1 Å². The van der Waals surface area contributed by atoms with E-state index in [4.69, 9.17) is 4.74 Å². The van der Waals surface area contributed by atoms with Gasteiger partial charge in [0.2, 0.25) is 10.0 Å². The summed E-state index contributed by atoms with van der Waals surface area (Å²) in [6, 6.07) is 6.49. The Kier molecular flexibility index (Phi) is 7.42. The number of esters is 1. The summed E-state index contributed by atoms with van der Waals surface area (Å²) in [6.07, 6.45) is 1.13. The second-order valence-corrected chi connectivity index (χ2v) is 8.27. The topological polar surface area (TPSA) is 79.0 Å². The van der Waals surface area contributed by atoms with E-state index in [1.54, 1.807) is 6.92 Å². The quantitative estimate of drug-likeness (QED) is 0.737. The van der Waals surface area contributed by atoms with E-state index in [2.05, 4.69) is 10.2 Å². The summed E-state index contributed by atoms with van der Waals surface area (Å²) in [5.74, 6) is -0.440. The van der Waals surface area contributed by atoms with Crippen LogP contribution in [0.15, 0.2) is 29.2 Å². The molecule has 2 aliphatic rings. The summed E-state index contributed by atoms with van der Waals surface area (Å²) in [5, 5.41) is 3.35. The van der Waals surface area contributed by atoms with E-state index in [9.17, 15) is 13.2 Å². The van der Waals surface area contributed by atoms with Gasteiger partial charge in [-0.05, 0) is 44.2 Å². The van der Waals surface area contributed by atoms with Crippen molar-refractivity contribution in [3.8, 4) is 0 Å². The Morgan fingerprint density at radius 1 is 1.19 bits per heavy atom. The molecule has 1 aromatic rings. The van der Waals surface area contributed by atoms with Crippen molar-refractivity contribution < 1.29 is 17.9 Å². The molecular formula is C17H26ClN3O4S. The van der Waals surface area contributed by atoms with E-state index < -0.39 is 16.0 Å². The Balaban J connectivity index is 0.00000243. The first-order valence-corrected chi connectivity index (χ1v) is 10.2. The highest BCUT2D eigenvalue weighted by atomic mass is 35.5. The Morgan fingerprint density at radius 2 is 1.85 bits per heavy atom. The van der Waals surface area contributed by atoms with E-state index in [1.807, 2.05) is 0 Å². The van der Waals surface area contributed by atoms with Crippen LogP contribution in [0.25, 0.3) is 0 Å². The SMILES string of the molecule is CCOC(=O)c1ccc(S(=O)(=O)N2CCN(C3CCNC3)CC2)cc1.Cl. The first-order chi connectivity index (χ1) is 12.0. The molecule has 2 saturated heterocycles. The van der Waals surface area contributed by atoms with E-state index in [1.165, 1.54) is 28.6 Å². The number of nitrogens with one attached hydrogen (secondary N) is 1.